The van der Waals surface area contributed by atoms with E-state index in [1.54, 1.807) is 0 Å². The fraction of sp³-hybridized carbons (Fsp3) is 0.222. The fourth-order valence-electron chi connectivity index (χ4n) is 2.10. The quantitative estimate of drug-likeness (QED) is 0.852. The average Bonchev–Trinajstić information content (AvgIpc) is 3.12. The second-order valence-corrected chi connectivity index (χ2v) is 5.06. The lowest BCUT2D eigenvalue weighted by atomic mass is 10.1. The van der Waals surface area contributed by atoms with Crippen LogP contribution in [0.25, 0.3) is 12.2 Å². The molecule has 4 heteroatoms. The minimum atomic E-state index is -0.336. The Morgan fingerprint density at radius 3 is 1.50 bits per heavy atom. The van der Waals surface area contributed by atoms with E-state index >= 15 is 0 Å². The van der Waals surface area contributed by atoms with E-state index in [1.165, 1.54) is 0 Å². The Kier molecular flexibility index (Phi) is 4.42. The number of hydrogen-bond donors (Lipinski definition) is 0. The summed E-state index contributed by atoms with van der Waals surface area (Å²) in [6.45, 7) is 8.34. The number of rotatable bonds is 4. The van der Waals surface area contributed by atoms with E-state index in [0.717, 1.165) is 11.1 Å². The second-order valence-electron chi connectivity index (χ2n) is 5.06. The molecule has 0 aromatic heterocycles. The highest BCUT2D eigenvalue weighted by atomic mass is 16.7. The van der Waals surface area contributed by atoms with Crippen molar-refractivity contribution in [1.29, 1.82) is 0 Å². The van der Waals surface area contributed by atoms with Crippen LogP contribution < -0.4 is 0 Å². The summed E-state index contributed by atoms with van der Waals surface area (Å²) in [7, 11) is 0. The zero-order chi connectivity index (χ0) is 15.4. The van der Waals surface area contributed by atoms with Crippen LogP contribution in [0.15, 0.2) is 61.1 Å². The van der Waals surface area contributed by atoms with Gasteiger partial charge < -0.3 is 18.9 Å². The molecule has 0 N–H and O–H groups in total. The first-order valence-electron chi connectivity index (χ1n) is 7.07. The van der Waals surface area contributed by atoms with Crippen LogP contribution in [0.2, 0.25) is 0 Å². The maximum atomic E-state index is 5.36. The molecule has 22 heavy (non-hydrogen) atoms. The van der Waals surface area contributed by atoms with Gasteiger partial charge in [0, 0.05) is 0 Å². The highest BCUT2D eigenvalue weighted by Crippen LogP contribution is 2.17. The lowest BCUT2D eigenvalue weighted by Gasteiger charge is -2.04. The van der Waals surface area contributed by atoms with Crippen LogP contribution in [0.3, 0.4) is 0 Å². The van der Waals surface area contributed by atoms with Crippen molar-refractivity contribution in [1.82, 2.24) is 0 Å². The van der Waals surface area contributed by atoms with E-state index in [9.17, 15) is 0 Å². The molecular formula is C18H18O4. The molecule has 0 amide bonds. The van der Waals surface area contributed by atoms with E-state index in [-0.39, 0.29) is 12.6 Å². The predicted octanol–water partition coefficient (Wildman–Crippen LogP) is 3.49. The minimum absolute atomic E-state index is 0.336. The fourth-order valence-corrected chi connectivity index (χ4v) is 2.10. The zero-order valence-corrected chi connectivity index (χ0v) is 12.2. The Labute approximate surface area is 129 Å². The van der Waals surface area contributed by atoms with Gasteiger partial charge in [-0.25, -0.2) is 0 Å². The van der Waals surface area contributed by atoms with Crippen molar-refractivity contribution < 1.29 is 18.9 Å². The smallest absolute Gasteiger partial charge is 0.220 e. The third-order valence-electron chi connectivity index (χ3n) is 3.21. The Bertz CT molecular complexity index is 557. The van der Waals surface area contributed by atoms with E-state index in [4.69, 9.17) is 18.9 Å². The van der Waals surface area contributed by atoms with Crippen LogP contribution in [0.4, 0.5) is 0 Å². The van der Waals surface area contributed by atoms with E-state index < -0.39 is 0 Å². The lowest BCUT2D eigenvalue weighted by Crippen LogP contribution is -2.01. The molecule has 2 fully saturated rings. The second kappa shape index (κ2) is 6.64. The molecule has 0 spiro atoms. The predicted molar refractivity (Wildman–Crippen MR) is 84.4 cm³/mol. The molecule has 2 unspecified atom stereocenters. The molecule has 0 saturated carbocycles. The normalized spacial score (nSPS) is 25.1. The molecule has 0 bridgehead atoms. The molecular weight excluding hydrogens is 280 g/mol. The molecule has 2 heterocycles. The van der Waals surface area contributed by atoms with Crippen molar-refractivity contribution in [3.63, 3.8) is 0 Å². The maximum absolute atomic E-state index is 5.36. The van der Waals surface area contributed by atoms with Crippen molar-refractivity contribution in [2.75, 3.05) is 13.2 Å². The summed E-state index contributed by atoms with van der Waals surface area (Å²) in [5.41, 5.74) is 2.15. The standard InChI is InChI=1S/C18H18O4/c1-13-11-19-17(21-13)9-7-15-3-5-16(6-4-15)8-10-18-20-12-14(2)22-18/h3-10,17-18H,1-2,11-12H2. The molecule has 2 aliphatic rings. The molecule has 1 aromatic rings. The van der Waals surface area contributed by atoms with Crippen molar-refractivity contribution >= 4 is 12.2 Å². The Morgan fingerprint density at radius 2 is 1.18 bits per heavy atom. The highest BCUT2D eigenvalue weighted by Gasteiger charge is 2.16. The van der Waals surface area contributed by atoms with Crippen molar-refractivity contribution in [3.8, 4) is 0 Å². The first kappa shape index (κ1) is 14.6. The summed E-state index contributed by atoms with van der Waals surface area (Å²) in [5, 5.41) is 0. The SMILES string of the molecule is C=C1COC(C=Cc2ccc(C=CC3OCC(=C)O3)cc2)O1. The van der Waals surface area contributed by atoms with Gasteiger partial charge in [-0.2, -0.15) is 0 Å². The van der Waals surface area contributed by atoms with Crippen molar-refractivity contribution in [2.24, 2.45) is 0 Å². The molecule has 2 aliphatic heterocycles. The van der Waals surface area contributed by atoms with Crippen LogP contribution >= 0.6 is 0 Å². The van der Waals surface area contributed by atoms with Crippen LogP contribution in [-0.4, -0.2) is 25.8 Å². The Morgan fingerprint density at radius 1 is 0.773 bits per heavy atom. The van der Waals surface area contributed by atoms with E-state index in [0.29, 0.717) is 24.7 Å². The van der Waals surface area contributed by atoms with E-state index in [2.05, 4.69) is 13.2 Å². The van der Waals surface area contributed by atoms with E-state index in [1.807, 2.05) is 48.6 Å². The molecule has 4 nitrogen and oxygen atoms in total. The third kappa shape index (κ3) is 3.87. The summed E-state index contributed by atoms with van der Waals surface area (Å²) >= 11 is 0. The van der Waals surface area contributed by atoms with Gasteiger partial charge >= 0.3 is 0 Å². The summed E-state index contributed by atoms with van der Waals surface area (Å²) in [4.78, 5) is 0. The van der Waals surface area contributed by atoms with Gasteiger partial charge in [0.1, 0.15) is 24.7 Å². The average molecular weight is 298 g/mol. The molecule has 2 saturated heterocycles. The van der Waals surface area contributed by atoms with Gasteiger partial charge in [-0.3, -0.25) is 0 Å². The molecule has 0 aliphatic carbocycles. The topological polar surface area (TPSA) is 36.9 Å². The zero-order valence-electron chi connectivity index (χ0n) is 12.2. The third-order valence-corrected chi connectivity index (χ3v) is 3.21. The molecule has 0 radical (unpaired) electrons. The van der Waals surface area contributed by atoms with Crippen molar-refractivity contribution in [2.45, 2.75) is 12.6 Å². The summed E-state index contributed by atoms with van der Waals surface area (Å²) < 4.78 is 21.4. The number of benzene rings is 1. The van der Waals surface area contributed by atoms with Gasteiger partial charge in [-0.05, 0) is 23.3 Å². The molecule has 1 aromatic carbocycles. The molecule has 2 atom stereocenters. The van der Waals surface area contributed by atoms with Crippen molar-refractivity contribution in [3.05, 3.63) is 72.2 Å². The monoisotopic (exact) mass is 298 g/mol. The largest absolute Gasteiger partial charge is 0.464 e. The van der Waals surface area contributed by atoms with Gasteiger partial charge in [-0.1, -0.05) is 49.6 Å². The lowest BCUT2D eigenvalue weighted by molar-refractivity contribution is 0.00930. The Balaban J connectivity index is 1.56. The first-order chi connectivity index (χ1) is 10.7. The minimum Gasteiger partial charge on any atom is -0.464 e. The van der Waals surface area contributed by atoms with Gasteiger partial charge in [0.25, 0.3) is 0 Å². The van der Waals surface area contributed by atoms with Crippen LogP contribution in [-0.2, 0) is 18.9 Å². The number of hydrogen-bond acceptors (Lipinski definition) is 4. The highest BCUT2D eigenvalue weighted by molar-refractivity contribution is 5.56. The van der Waals surface area contributed by atoms with Crippen LogP contribution in [0.1, 0.15) is 11.1 Å². The Hall–Kier alpha value is -2.30. The summed E-state index contributed by atoms with van der Waals surface area (Å²) in [5.74, 6) is 1.32. The van der Waals surface area contributed by atoms with Gasteiger partial charge in [0.15, 0.2) is 0 Å². The van der Waals surface area contributed by atoms with Crippen LogP contribution in [0, 0.1) is 0 Å². The number of ether oxygens (including phenoxy) is 4. The molecule has 3 rings (SSSR count). The summed E-state index contributed by atoms with van der Waals surface area (Å²) in [6, 6.07) is 8.09. The summed E-state index contributed by atoms with van der Waals surface area (Å²) in [6.07, 6.45) is 6.99. The maximum Gasteiger partial charge on any atom is 0.220 e. The van der Waals surface area contributed by atoms with Crippen LogP contribution in [0.5, 0.6) is 0 Å². The first-order valence-corrected chi connectivity index (χ1v) is 7.07. The molecule has 114 valence electrons. The van der Waals surface area contributed by atoms with Gasteiger partial charge in [0.2, 0.25) is 12.6 Å². The van der Waals surface area contributed by atoms with Gasteiger partial charge in [-0.15, -0.1) is 0 Å². The van der Waals surface area contributed by atoms with Gasteiger partial charge in [0.05, 0.1) is 0 Å².